The van der Waals surface area contributed by atoms with E-state index in [1.807, 2.05) is 0 Å². The minimum Gasteiger partial charge on any atom is -0.376 e. The highest BCUT2D eigenvalue weighted by Crippen LogP contribution is 2.09. The molecule has 2 nitrogen and oxygen atoms in total. The standard InChI is InChI=1S/C9H21NO/c1-8(7-10)5-6-11-9(2,3)4/h8H,5-7,10H2,1-4H3. The smallest absolute Gasteiger partial charge is 0.0598 e. The van der Waals surface area contributed by atoms with E-state index in [4.69, 9.17) is 10.5 Å². The second kappa shape index (κ2) is 4.73. The summed E-state index contributed by atoms with van der Waals surface area (Å²) in [5.41, 5.74) is 5.46. The van der Waals surface area contributed by atoms with Gasteiger partial charge in [0.2, 0.25) is 0 Å². The minimum atomic E-state index is -0.00564. The summed E-state index contributed by atoms with van der Waals surface area (Å²) in [6.07, 6.45) is 1.06. The monoisotopic (exact) mass is 159 g/mol. The maximum Gasteiger partial charge on any atom is 0.0598 e. The number of rotatable bonds is 4. The average Bonchev–Trinajstić information content (AvgIpc) is 1.85. The van der Waals surface area contributed by atoms with Gasteiger partial charge in [0, 0.05) is 6.61 Å². The molecule has 0 rings (SSSR count). The number of ether oxygens (including phenoxy) is 1. The van der Waals surface area contributed by atoms with Gasteiger partial charge in [-0.15, -0.1) is 0 Å². The first-order chi connectivity index (χ1) is 4.95. The molecule has 68 valence electrons. The molecule has 1 unspecified atom stereocenters. The number of nitrogens with two attached hydrogens (primary N) is 1. The van der Waals surface area contributed by atoms with E-state index in [2.05, 4.69) is 27.7 Å². The van der Waals surface area contributed by atoms with Gasteiger partial charge in [0.15, 0.2) is 0 Å². The van der Waals surface area contributed by atoms with Gasteiger partial charge >= 0.3 is 0 Å². The molecule has 0 fully saturated rings. The lowest BCUT2D eigenvalue weighted by Gasteiger charge is -2.20. The molecule has 0 aromatic heterocycles. The Labute approximate surface area is 70.1 Å². The van der Waals surface area contributed by atoms with E-state index in [1.54, 1.807) is 0 Å². The fraction of sp³-hybridized carbons (Fsp3) is 1.00. The summed E-state index contributed by atoms with van der Waals surface area (Å²) in [5, 5.41) is 0. The Morgan fingerprint density at radius 1 is 1.36 bits per heavy atom. The topological polar surface area (TPSA) is 35.2 Å². The lowest BCUT2D eigenvalue weighted by atomic mass is 10.1. The molecule has 0 aliphatic rings. The highest BCUT2D eigenvalue weighted by molar-refractivity contribution is 4.60. The van der Waals surface area contributed by atoms with Crippen LogP contribution in [0.3, 0.4) is 0 Å². The van der Waals surface area contributed by atoms with Crippen molar-refractivity contribution in [1.29, 1.82) is 0 Å². The third kappa shape index (κ3) is 7.82. The van der Waals surface area contributed by atoms with Crippen LogP contribution in [0.5, 0.6) is 0 Å². The van der Waals surface area contributed by atoms with Gasteiger partial charge in [-0.25, -0.2) is 0 Å². The lowest BCUT2D eigenvalue weighted by Crippen LogP contribution is -2.22. The van der Waals surface area contributed by atoms with Crippen LogP contribution in [0.15, 0.2) is 0 Å². The van der Waals surface area contributed by atoms with Gasteiger partial charge in [0.1, 0.15) is 0 Å². The Morgan fingerprint density at radius 2 is 1.91 bits per heavy atom. The summed E-state index contributed by atoms with van der Waals surface area (Å²) < 4.78 is 5.55. The second-order valence-electron chi connectivity index (χ2n) is 4.09. The van der Waals surface area contributed by atoms with Crippen LogP contribution in [0.1, 0.15) is 34.1 Å². The third-order valence-electron chi connectivity index (χ3n) is 1.55. The molecule has 0 aliphatic carbocycles. The number of hydrogen-bond donors (Lipinski definition) is 1. The van der Waals surface area contributed by atoms with Crippen LogP contribution in [0, 0.1) is 5.92 Å². The van der Waals surface area contributed by atoms with Crippen LogP contribution in [0.4, 0.5) is 0 Å². The van der Waals surface area contributed by atoms with E-state index in [9.17, 15) is 0 Å². The summed E-state index contributed by atoms with van der Waals surface area (Å²) in [6.45, 7) is 9.93. The van der Waals surface area contributed by atoms with Crippen LogP contribution >= 0.6 is 0 Å². The molecule has 0 radical (unpaired) electrons. The molecule has 0 aromatic carbocycles. The first kappa shape index (κ1) is 10.9. The highest BCUT2D eigenvalue weighted by atomic mass is 16.5. The van der Waals surface area contributed by atoms with Crippen molar-refractivity contribution in [3.05, 3.63) is 0 Å². The quantitative estimate of drug-likeness (QED) is 0.678. The molecule has 0 bridgehead atoms. The maximum atomic E-state index is 5.55. The SMILES string of the molecule is CC(CN)CCOC(C)(C)C. The van der Waals surface area contributed by atoms with Gasteiger partial charge in [-0.3, -0.25) is 0 Å². The molecule has 0 amide bonds. The van der Waals surface area contributed by atoms with Crippen molar-refractivity contribution in [3.63, 3.8) is 0 Å². The van der Waals surface area contributed by atoms with Crippen molar-refractivity contribution in [2.75, 3.05) is 13.2 Å². The first-order valence-corrected chi connectivity index (χ1v) is 4.29. The molecule has 2 heteroatoms. The minimum absolute atomic E-state index is 0.00564. The van der Waals surface area contributed by atoms with Gasteiger partial charge in [-0.1, -0.05) is 6.92 Å². The third-order valence-corrected chi connectivity index (χ3v) is 1.55. The number of hydrogen-bond acceptors (Lipinski definition) is 2. The van der Waals surface area contributed by atoms with Crippen molar-refractivity contribution >= 4 is 0 Å². The Balaban J connectivity index is 3.28. The van der Waals surface area contributed by atoms with E-state index in [0.29, 0.717) is 5.92 Å². The molecule has 0 aliphatic heterocycles. The zero-order valence-electron chi connectivity index (χ0n) is 8.18. The summed E-state index contributed by atoms with van der Waals surface area (Å²) in [4.78, 5) is 0. The van der Waals surface area contributed by atoms with Crippen molar-refractivity contribution < 1.29 is 4.74 Å². The predicted molar refractivity (Wildman–Crippen MR) is 48.5 cm³/mol. The van der Waals surface area contributed by atoms with Gasteiger partial charge in [-0.2, -0.15) is 0 Å². The summed E-state index contributed by atoms with van der Waals surface area (Å²) >= 11 is 0. The first-order valence-electron chi connectivity index (χ1n) is 4.29. The molecule has 0 spiro atoms. The normalized spacial score (nSPS) is 15.0. The molecular weight excluding hydrogens is 138 g/mol. The Hall–Kier alpha value is -0.0800. The van der Waals surface area contributed by atoms with Crippen LogP contribution in [-0.2, 0) is 4.74 Å². The van der Waals surface area contributed by atoms with Crippen molar-refractivity contribution in [2.45, 2.75) is 39.7 Å². The lowest BCUT2D eigenvalue weighted by molar-refractivity contribution is -0.00812. The van der Waals surface area contributed by atoms with Crippen molar-refractivity contribution in [2.24, 2.45) is 11.7 Å². The molecule has 2 N–H and O–H groups in total. The van der Waals surface area contributed by atoms with Crippen LogP contribution in [-0.4, -0.2) is 18.8 Å². The van der Waals surface area contributed by atoms with Gasteiger partial charge in [-0.05, 0) is 39.7 Å². The zero-order valence-corrected chi connectivity index (χ0v) is 8.18. The summed E-state index contributed by atoms with van der Waals surface area (Å²) in [5.74, 6) is 0.581. The van der Waals surface area contributed by atoms with Crippen LogP contribution in [0.25, 0.3) is 0 Å². The molecule has 0 saturated carbocycles. The zero-order chi connectivity index (χ0) is 8.91. The molecule has 0 aromatic rings. The van der Waals surface area contributed by atoms with E-state index in [-0.39, 0.29) is 5.60 Å². The Kier molecular flexibility index (Phi) is 4.69. The summed E-state index contributed by atoms with van der Waals surface area (Å²) in [7, 11) is 0. The molecule has 1 atom stereocenters. The van der Waals surface area contributed by atoms with E-state index < -0.39 is 0 Å². The van der Waals surface area contributed by atoms with E-state index >= 15 is 0 Å². The van der Waals surface area contributed by atoms with Crippen LogP contribution < -0.4 is 5.73 Å². The van der Waals surface area contributed by atoms with Gasteiger partial charge < -0.3 is 10.5 Å². The molecule has 11 heavy (non-hydrogen) atoms. The second-order valence-corrected chi connectivity index (χ2v) is 4.09. The average molecular weight is 159 g/mol. The Bertz CT molecular complexity index is 96.2. The van der Waals surface area contributed by atoms with E-state index in [1.165, 1.54) is 0 Å². The predicted octanol–water partition coefficient (Wildman–Crippen LogP) is 1.79. The Morgan fingerprint density at radius 3 is 2.27 bits per heavy atom. The van der Waals surface area contributed by atoms with Crippen molar-refractivity contribution in [3.8, 4) is 0 Å². The maximum absolute atomic E-state index is 5.55. The van der Waals surface area contributed by atoms with Crippen molar-refractivity contribution in [1.82, 2.24) is 0 Å². The van der Waals surface area contributed by atoms with Gasteiger partial charge in [0.05, 0.1) is 5.60 Å². The molecule has 0 saturated heterocycles. The fourth-order valence-electron chi connectivity index (χ4n) is 0.684. The highest BCUT2D eigenvalue weighted by Gasteiger charge is 2.09. The molecule has 0 heterocycles. The molecular formula is C9H21NO. The largest absolute Gasteiger partial charge is 0.376 e. The fourth-order valence-corrected chi connectivity index (χ4v) is 0.684. The summed E-state index contributed by atoms with van der Waals surface area (Å²) in [6, 6.07) is 0. The van der Waals surface area contributed by atoms with Crippen LogP contribution in [0.2, 0.25) is 0 Å². The van der Waals surface area contributed by atoms with E-state index in [0.717, 1.165) is 19.6 Å². The van der Waals surface area contributed by atoms with Gasteiger partial charge in [0.25, 0.3) is 0 Å².